The minimum Gasteiger partial charge on any atom is -0.532 e. The Morgan fingerprint density at radius 3 is 2.46 bits per heavy atom. The third kappa shape index (κ3) is 4.91. The number of rotatable bonds is 6. The summed E-state index contributed by atoms with van der Waals surface area (Å²) in [6.07, 6.45) is 2.49. The molecule has 1 aliphatic heterocycles. The van der Waals surface area contributed by atoms with Gasteiger partial charge in [0.05, 0.1) is 6.04 Å². The van der Waals surface area contributed by atoms with Gasteiger partial charge >= 0.3 is 6.09 Å². The van der Waals surface area contributed by atoms with Crippen molar-refractivity contribution in [2.75, 3.05) is 6.61 Å². The molecular formula is C21H33NO3Si. The molecule has 1 aliphatic rings. The molecule has 1 unspecified atom stereocenters. The van der Waals surface area contributed by atoms with E-state index < -0.39 is 8.32 Å². The fraction of sp³-hybridized carbons (Fsp3) is 0.571. The van der Waals surface area contributed by atoms with Crippen LogP contribution in [-0.4, -0.2) is 32.0 Å². The Bertz CT molecular complexity index is 647. The summed E-state index contributed by atoms with van der Waals surface area (Å²) < 4.78 is 12.0. The zero-order valence-electron chi connectivity index (χ0n) is 17.2. The van der Waals surface area contributed by atoms with Crippen molar-refractivity contribution in [3.8, 4) is 0 Å². The first kappa shape index (κ1) is 20.6. The second-order valence-electron chi connectivity index (χ2n) is 8.90. The van der Waals surface area contributed by atoms with Crippen molar-refractivity contribution in [2.24, 2.45) is 5.92 Å². The standard InChI is InChI=1S/C21H33NO3Si/c1-16(2)13-19(25-26(6,7)21(3,4)5)22-18(15-24-20(22)23)14-17-11-9-8-10-12-17/h8-13,16,18H,14-15H2,1-7H3/b19-13-. The van der Waals surface area contributed by atoms with E-state index in [-0.39, 0.29) is 23.1 Å². The van der Waals surface area contributed by atoms with E-state index in [1.807, 2.05) is 24.3 Å². The molecule has 1 atom stereocenters. The number of allylic oxidation sites excluding steroid dienone is 1. The SMILES string of the molecule is CC(C)/C=C(\O[Si](C)(C)C(C)(C)C)N1C(=O)OCC1Cc1ccccc1. The monoisotopic (exact) mass is 375 g/mol. The van der Waals surface area contributed by atoms with Gasteiger partial charge in [-0.05, 0) is 42.1 Å². The summed E-state index contributed by atoms with van der Waals surface area (Å²) in [5.74, 6) is 0.940. The molecule has 0 bridgehead atoms. The summed E-state index contributed by atoms with van der Waals surface area (Å²) in [5, 5.41) is 0.0572. The maximum Gasteiger partial charge on any atom is 0.417 e. The summed E-state index contributed by atoms with van der Waals surface area (Å²) in [6, 6.07) is 10.2. The van der Waals surface area contributed by atoms with E-state index in [1.54, 1.807) is 4.90 Å². The second-order valence-corrected chi connectivity index (χ2v) is 13.6. The molecule has 2 rings (SSSR count). The van der Waals surface area contributed by atoms with Crippen LogP contribution in [0.2, 0.25) is 18.1 Å². The topological polar surface area (TPSA) is 38.8 Å². The molecule has 0 aliphatic carbocycles. The van der Waals surface area contributed by atoms with Crippen molar-refractivity contribution in [1.82, 2.24) is 4.90 Å². The number of cyclic esters (lactones) is 1. The average molecular weight is 376 g/mol. The number of hydrogen-bond acceptors (Lipinski definition) is 3. The van der Waals surface area contributed by atoms with Crippen molar-refractivity contribution in [3.63, 3.8) is 0 Å². The van der Waals surface area contributed by atoms with Crippen LogP contribution >= 0.6 is 0 Å². The van der Waals surface area contributed by atoms with Gasteiger partial charge in [-0.2, -0.15) is 0 Å². The highest BCUT2D eigenvalue weighted by Crippen LogP contribution is 2.39. The third-order valence-corrected chi connectivity index (χ3v) is 9.49. The Labute approximate surface area is 159 Å². The fourth-order valence-electron chi connectivity index (χ4n) is 2.63. The molecule has 0 spiro atoms. The van der Waals surface area contributed by atoms with Gasteiger partial charge < -0.3 is 9.16 Å². The largest absolute Gasteiger partial charge is 0.532 e. The van der Waals surface area contributed by atoms with Gasteiger partial charge in [0, 0.05) is 0 Å². The summed E-state index contributed by atoms with van der Waals surface area (Å²) in [5.41, 5.74) is 1.19. The van der Waals surface area contributed by atoms with Gasteiger partial charge in [0.2, 0.25) is 0 Å². The molecule has 1 saturated heterocycles. The summed E-state index contributed by atoms with van der Waals surface area (Å²) in [6.45, 7) is 15.6. The Balaban J connectivity index is 2.31. The van der Waals surface area contributed by atoms with Crippen LogP contribution in [0.4, 0.5) is 4.79 Å². The number of benzene rings is 1. The zero-order valence-corrected chi connectivity index (χ0v) is 18.2. The summed E-state index contributed by atoms with van der Waals surface area (Å²) >= 11 is 0. The summed E-state index contributed by atoms with van der Waals surface area (Å²) in [4.78, 5) is 14.3. The van der Waals surface area contributed by atoms with Crippen LogP contribution in [0, 0.1) is 5.92 Å². The van der Waals surface area contributed by atoms with Crippen molar-refractivity contribution in [1.29, 1.82) is 0 Å². The molecule has 4 nitrogen and oxygen atoms in total. The first-order chi connectivity index (χ1) is 12.0. The van der Waals surface area contributed by atoms with E-state index in [2.05, 4.69) is 59.8 Å². The van der Waals surface area contributed by atoms with Gasteiger partial charge in [-0.1, -0.05) is 65.0 Å². The minimum absolute atomic E-state index is 0.0420. The highest BCUT2D eigenvalue weighted by molar-refractivity contribution is 6.74. The number of hydrogen-bond donors (Lipinski definition) is 0. The van der Waals surface area contributed by atoms with Gasteiger partial charge in [0.25, 0.3) is 8.32 Å². The highest BCUT2D eigenvalue weighted by Gasteiger charge is 2.43. The van der Waals surface area contributed by atoms with E-state index in [9.17, 15) is 4.79 Å². The van der Waals surface area contributed by atoms with Gasteiger partial charge in [-0.3, -0.25) is 0 Å². The van der Waals surface area contributed by atoms with Gasteiger partial charge in [0.1, 0.15) is 6.61 Å². The number of amides is 1. The number of carbonyl (C=O) groups is 1. The van der Waals surface area contributed by atoms with Crippen LogP contribution in [0.1, 0.15) is 40.2 Å². The fourth-order valence-corrected chi connectivity index (χ4v) is 3.63. The second kappa shape index (κ2) is 7.87. The van der Waals surface area contributed by atoms with Crippen LogP contribution in [0.25, 0.3) is 0 Å². The summed E-state index contributed by atoms with van der Waals surface area (Å²) in [7, 11) is -2.07. The smallest absolute Gasteiger partial charge is 0.417 e. The molecule has 0 saturated carbocycles. The predicted molar refractivity (Wildman–Crippen MR) is 108 cm³/mol. The Morgan fingerprint density at radius 1 is 1.31 bits per heavy atom. The lowest BCUT2D eigenvalue weighted by molar-refractivity contribution is 0.149. The van der Waals surface area contributed by atoms with Crippen molar-refractivity contribution < 1.29 is 14.0 Å². The molecule has 1 aromatic rings. The van der Waals surface area contributed by atoms with E-state index in [0.717, 1.165) is 6.42 Å². The quantitative estimate of drug-likeness (QED) is 0.482. The first-order valence-electron chi connectivity index (χ1n) is 9.42. The van der Waals surface area contributed by atoms with E-state index in [0.29, 0.717) is 12.5 Å². The van der Waals surface area contributed by atoms with Crippen molar-refractivity contribution >= 4 is 14.4 Å². The first-order valence-corrected chi connectivity index (χ1v) is 12.3. The maximum absolute atomic E-state index is 12.5. The van der Waals surface area contributed by atoms with E-state index in [4.69, 9.17) is 9.16 Å². The molecule has 0 aromatic heterocycles. The molecule has 26 heavy (non-hydrogen) atoms. The lowest BCUT2D eigenvalue weighted by atomic mass is 10.1. The lowest BCUT2D eigenvalue weighted by Crippen LogP contribution is -2.45. The van der Waals surface area contributed by atoms with E-state index in [1.165, 1.54) is 5.56 Å². The highest BCUT2D eigenvalue weighted by atomic mass is 28.4. The molecule has 0 radical (unpaired) electrons. The maximum atomic E-state index is 12.5. The van der Waals surface area contributed by atoms with Crippen LogP contribution in [0.15, 0.2) is 42.3 Å². The third-order valence-electron chi connectivity index (χ3n) is 5.15. The normalized spacial score (nSPS) is 19.1. The lowest BCUT2D eigenvalue weighted by Gasteiger charge is -2.39. The molecular weight excluding hydrogens is 342 g/mol. The number of ether oxygens (including phenoxy) is 1. The molecule has 1 aromatic carbocycles. The molecule has 1 fully saturated rings. The molecule has 144 valence electrons. The predicted octanol–water partition coefficient (Wildman–Crippen LogP) is 5.57. The Hall–Kier alpha value is -1.75. The van der Waals surface area contributed by atoms with Crippen LogP contribution < -0.4 is 0 Å². The van der Waals surface area contributed by atoms with Crippen LogP contribution in [0.5, 0.6) is 0 Å². The Kier molecular flexibility index (Phi) is 6.22. The van der Waals surface area contributed by atoms with Crippen molar-refractivity contribution in [3.05, 3.63) is 47.9 Å². The van der Waals surface area contributed by atoms with Crippen LogP contribution in [-0.2, 0) is 15.6 Å². The number of nitrogens with zero attached hydrogens (tertiary/aromatic N) is 1. The van der Waals surface area contributed by atoms with Gasteiger partial charge in [-0.15, -0.1) is 0 Å². The minimum atomic E-state index is -2.07. The number of carbonyl (C=O) groups excluding carboxylic acids is 1. The van der Waals surface area contributed by atoms with Gasteiger partial charge in [0.15, 0.2) is 5.88 Å². The Morgan fingerprint density at radius 2 is 1.92 bits per heavy atom. The molecule has 5 heteroatoms. The van der Waals surface area contributed by atoms with Gasteiger partial charge in [-0.25, -0.2) is 9.69 Å². The van der Waals surface area contributed by atoms with Crippen LogP contribution in [0.3, 0.4) is 0 Å². The zero-order chi connectivity index (χ0) is 19.5. The van der Waals surface area contributed by atoms with Crippen molar-refractivity contribution in [2.45, 2.75) is 65.2 Å². The molecule has 0 N–H and O–H groups in total. The molecule has 1 amide bonds. The average Bonchev–Trinajstić information content (AvgIpc) is 2.86. The van der Waals surface area contributed by atoms with E-state index >= 15 is 0 Å². The molecule has 1 heterocycles.